The summed E-state index contributed by atoms with van der Waals surface area (Å²) in [6.07, 6.45) is -1.98. The zero-order chi connectivity index (χ0) is 45.5. The summed E-state index contributed by atoms with van der Waals surface area (Å²) >= 11 is 0. The Morgan fingerprint density at radius 3 is 1.48 bits per heavy atom. The SMILES string of the molecule is COc1cc(C)cc(C)c1C(O)c1nc2cc(C#N)ccc2n1COCC[Si](C)(C)C.COc1cc(C)cc(C)c1C(O)c1nc2ccc(C#N)cc2n1COCC[Si](C)(C)C. The molecular weight excluding hydrogens is 813 g/mol. The van der Waals surface area contributed by atoms with Gasteiger partial charge < -0.3 is 38.3 Å². The first-order valence-corrected chi connectivity index (χ1v) is 28.3. The highest BCUT2D eigenvalue weighted by atomic mass is 28.3. The summed E-state index contributed by atoms with van der Waals surface area (Å²) in [5.74, 6) is 2.20. The highest BCUT2D eigenvalue weighted by molar-refractivity contribution is 6.76. The molecule has 0 aliphatic rings. The van der Waals surface area contributed by atoms with E-state index >= 15 is 0 Å². The van der Waals surface area contributed by atoms with Gasteiger partial charge >= 0.3 is 0 Å². The van der Waals surface area contributed by atoms with Crippen molar-refractivity contribution < 1.29 is 29.2 Å². The van der Waals surface area contributed by atoms with Crippen molar-refractivity contribution >= 4 is 38.2 Å². The van der Waals surface area contributed by atoms with Crippen molar-refractivity contribution in [2.45, 2.75) is 105 Å². The Balaban J connectivity index is 0.000000234. The van der Waals surface area contributed by atoms with Gasteiger partial charge in [-0.1, -0.05) is 51.4 Å². The van der Waals surface area contributed by atoms with Crippen molar-refractivity contribution in [3.05, 3.63) is 117 Å². The van der Waals surface area contributed by atoms with Crippen LogP contribution in [-0.4, -0.2) is 72.9 Å². The number of nitrogens with zero attached hydrogens (tertiary/aromatic N) is 6. The second-order valence-corrected chi connectivity index (χ2v) is 29.6. The molecular formula is C48H62N6O6Si2. The third-order valence-corrected chi connectivity index (χ3v) is 14.1. The predicted molar refractivity (Wildman–Crippen MR) is 250 cm³/mol. The van der Waals surface area contributed by atoms with Crippen LogP contribution in [0.2, 0.25) is 51.4 Å². The van der Waals surface area contributed by atoms with Crippen LogP contribution in [0.4, 0.5) is 0 Å². The van der Waals surface area contributed by atoms with Crippen molar-refractivity contribution in [2.75, 3.05) is 27.4 Å². The number of hydrogen-bond donors (Lipinski definition) is 2. The number of aliphatic hydroxyl groups is 2. The van der Waals surface area contributed by atoms with Crippen LogP contribution < -0.4 is 9.47 Å². The molecule has 2 heterocycles. The fourth-order valence-electron chi connectivity index (χ4n) is 7.36. The third-order valence-electron chi connectivity index (χ3n) is 10.7. The van der Waals surface area contributed by atoms with Gasteiger partial charge in [0.15, 0.2) is 0 Å². The van der Waals surface area contributed by atoms with E-state index in [-0.39, 0.29) is 13.5 Å². The fraction of sp³-hybridized carbons (Fsp3) is 0.417. The molecule has 6 aromatic rings. The molecule has 0 fully saturated rings. The molecule has 62 heavy (non-hydrogen) atoms. The van der Waals surface area contributed by atoms with Crippen molar-refractivity contribution in [3.63, 3.8) is 0 Å². The first-order valence-electron chi connectivity index (χ1n) is 20.9. The molecule has 328 valence electrons. The van der Waals surface area contributed by atoms with Gasteiger partial charge in [-0.25, -0.2) is 9.97 Å². The van der Waals surface area contributed by atoms with E-state index in [2.05, 4.69) is 51.4 Å². The van der Waals surface area contributed by atoms with Crippen LogP contribution in [0.25, 0.3) is 22.1 Å². The molecule has 0 bridgehead atoms. The standard InChI is InChI=1S/2C24H31N3O3Si/c1-16-11-17(2)22(21(12-16)29-3)23(28)24-26-19-13-18(14-25)7-8-20(19)27(24)15-30-9-10-31(4,5)6;1-16-11-17(2)22(21(12-16)29-3)23(28)24-26-19-8-7-18(14-25)13-20(19)27(24)15-30-9-10-31(4,5)6/h2*7-8,11-13,23,28H,9-10,15H2,1-6H3. The molecule has 14 heteroatoms. The normalized spacial score (nSPS) is 12.7. The number of methoxy groups -OCH3 is 2. The number of aliphatic hydroxyl groups excluding tert-OH is 2. The second-order valence-electron chi connectivity index (χ2n) is 18.3. The highest BCUT2D eigenvalue weighted by Gasteiger charge is 2.27. The highest BCUT2D eigenvalue weighted by Crippen LogP contribution is 2.37. The lowest BCUT2D eigenvalue weighted by molar-refractivity contribution is 0.0812. The number of fused-ring (bicyclic) bond motifs is 2. The summed E-state index contributed by atoms with van der Waals surface area (Å²) in [4.78, 5) is 9.41. The summed E-state index contributed by atoms with van der Waals surface area (Å²) in [5.41, 5.74) is 9.40. The molecule has 0 spiro atoms. The Morgan fingerprint density at radius 1 is 0.597 bits per heavy atom. The maximum absolute atomic E-state index is 11.4. The van der Waals surface area contributed by atoms with Crippen LogP contribution in [0.15, 0.2) is 60.7 Å². The summed E-state index contributed by atoms with van der Waals surface area (Å²) in [7, 11) is 0.776. The maximum Gasteiger partial charge on any atom is 0.145 e. The van der Waals surface area contributed by atoms with Gasteiger partial charge in [0.25, 0.3) is 0 Å². The minimum atomic E-state index is -1.22. The Labute approximate surface area is 368 Å². The number of rotatable bonds is 16. The summed E-state index contributed by atoms with van der Waals surface area (Å²) in [6.45, 7) is 23.6. The van der Waals surface area contributed by atoms with Crippen LogP contribution in [0.5, 0.6) is 11.5 Å². The zero-order valence-electron chi connectivity index (χ0n) is 38.4. The van der Waals surface area contributed by atoms with Crippen LogP contribution in [0.1, 0.15) is 68.4 Å². The molecule has 4 aromatic carbocycles. The largest absolute Gasteiger partial charge is 0.496 e. The van der Waals surface area contributed by atoms with E-state index in [1.54, 1.807) is 38.5 Å². The number of benzene rings is 4. The number of nitriles is 2. The predicted octanol–water partition coefficient (Wildman–Crippen LogP) is 9.85. The minimum Gasteiger partial charge on any atom is -0.496 e. The molecule has 2 N–H and O–H groups in total. The van der Waals surface area contributed by atoms with Crippen LogP contribution in [-0.2, 0) is 22.9 Å². The molecule has 2 atom stereocenters. The first kappa shape index (κ1) is 47.7. The number of ether oxygens (including phenoxy) is 4. The Morgan fingerprint density at radius 2 is 1.03 bits per heavy atom. The van der Waals surface area contributed by atoms with Gasteiger partial charge in [0.1, 0.15) is 48.8 Å². The smallest absolute Gasteiger partial charge is 0.145 e. The van der Waals surface area contributed by atoms with Gasteiger partial charge in [-0.2, -0.15) is 10.5 Å². The average molecular weight is 875 g/mol. The molecule has 6 rings (SSSR count). The van der Waals surface area contributed by atoms with Gasteiger partial charge in [-0.3, -0.25) is 0 Å². The monoisotopic (exact) mass is 874 g/mol. The van der Waals surface area contributed by atoms with Crippen LogP contribution in [0, 0.1) is 50.4 Å². The van der Waals surface area contributed by atoms with Crippen molar-refractivity contribution in [2.24, 2.45) is 0 Å². The van der Waals surface area contributed by atoms with Crippen LogP contribution in [0.3, 0.4) is 0 Å². The molecule has 0 amide bonds. The Kier molecular flexibility index (Phi) is 15.6. The Hall–Kier alpha value is -5.33. The molecule has 2 unspecified atom stereocenters. The van der Waals surface area contributed by atoms with E-state index in [4.69, 9.17) is 28.9 Å². The molecule has 0 saturated heterocycles. The average Bonchev–Trinajstić information content (AvgIpc) is 3.76. The summed E-state index contributed by atoms with van der Waals surface area (Å²) in [6, 6.07) is 25.0. The van der Waals surface area contributed by atoms with Gasteiger partial charge in [0.2, 0.25) is 0 Å². The number of aromatic nitrogens is 4. The molecule has 2 aromatic heterocycles. The van der Waals surface area contributed by atoms with E-state index in [0.717, 1.165) is 45.4 Å². The van der Waals surface area contributed by atoms with Crippen molar-refractivity contribution in [1.82, 2.24) is 19.1 Å². The summed E-state index contributed by atoms with van der Waals surface area (Å²) < 4.78 is 26.9. The quantitative estimate of drug-likeness (QED) is 0.0708. The lowest BCUT2D eigenvalue weighted by Crippen LogP contribution is -2.22. The summed E-state index contributed by atoms with van der Waals surface area (Å²) in [5, 5.41) is 41.4. The third kappa shape index (κ3) is 11.6. The van der Waals surface area contributed by atoms with E-state index < -0.39 is 28.4 Å². The second kappa shape index (κ2) is 20.2. The molecule has 0 aliphatic carbocycles. The van der Waals surface area contributed by atoms with Crippen molar-refractivity contribution in [3.8, 4) is 23.6 Å². The van der Waals surface area contributed by atoms with E-state index in [0.29, 0.717) is 69.6 Å². The topological polar surface area (TPSA) is 161 Å². The zero-order valence-corrected chi connectivity index (χ0v) is 40.4. The van der Waals surface area contributed by atoms with E-state index in [1.165, 1.54) is 0 Å². The molecule has 0 aliphatic heterocycles. The lowest BCUT2D eigenvalue weighted by Gasteiger charge is -2.20. The minimum absolute atomic E-state index is 0.259. The van der Waals surface area contributed by atoms with Gasteiger partial charge in [0.05, 0.1) is 59.6 Å². The fourth-order valence-corrected chi connectivity index (χ4v) is 8.88. The number of aryl methyl sites for hydroxylation is 4. The van der Waals surface area contributed by atoms with Crippen molar-refractivity contribution in [1.29, 1.82) is 10.5 Å². The molecule has 0 saturated carbocycles. The Bertz CT molecular complexity index is 2550. The van der Waals surface area contributed by atoms with E-state index in [1.807, 2.05) is 73.2 Å². The first-order chi connectivity index (χ1) is 29.3. The van der Waals surface area contributed by atoms with Gasteiger partial charge in [0, 0.05) is 40.5 Å². The lowest BCUT2D eigenvalue weighted by atomic mass is 9.99. The van der Waals surface area contributed by atoms with Gasteiger partial charge in [-0.05, 0) is 111 Å². The number of imidazole rings is 2. The number of hydrogen-bond acceptors (Lipinski definition) is 10. The van der Waals surface area contributed by atoms with Crippen LogP contribution >= 0.6 is 0 Å². The molecule has 0 radical (unpaired) electrons. The van der Waals surface area contributed by atoms with Gasteiger partial charge in [-0.15, -0.1) is 0 Å². The maximum atomic E-state index is 11.4. The molecule has 12 nitrogen and oxygen atoms in total. The van der Waals surface area contributed by atoms with E-state index in [9.17, 15) is 20.7 Å².